The summed E-state index contributed by atoms with van der Waals surface area (Å²) in [5, 5.41) is 11.9. The lowest BCUT2D eigenvalue weighted by Gasteiger charge is -2.49. The quantitative estimate of drug-likeness (QED) is 0.187. The van der Waals surface area contributed by atoms with Gasteiger partial charge >= 0.3 is 0 Å². The third kappa shape index (κ3) is 4.63. The smallest absolute Gasteiger partial charge is 0.241 e. The van der Waals surface area contributed by atoms with Crippen LogP contribution in [0.15, 0.2) is 90.5 Å². The molecular formula is C41H35ClFN3O6. The molecule has 2 aliphatic carbocycles. The molecule has 9 rings (SSSR count). The van der Waals surface area contributed by atoms with E-state index in [0.717, 1.165) is 46.3 Å². The number of aromatic hydroxyl groups is 1. The van der Waals surface area contributed by atoms with Gasteiger partial charge < -0.3 is 14.7 Å². The summed E-state index contributed by atoms with van der Waals surface area (Å²) in [6.45, 7) is 4.57. The maximum absolute atomic E-state index is 14.8. The average Bonchev–Trinajstić information content (AvgIpc) is 3.53. The van der Waals surface area contributed by atoms with Gasteiger partial charge in [0.2, 0.25) is 23.6 Å². The van der Waals surface area contributed by atoms with Crippen LogP contribution in [0, 0.1) is 34.9 Å². The minimum absolute atomic E-state index is 0.0781. The molecule has 52 heavy (non-hydrogen) atoms. The molecule has 6 atom stereocenters. The van der Waals surface area contributed by atoms with Gasteiger partial charge in [-0.1, -0.05) is 53.6 Å². The number of morpholine rings is 1. The Balaban J connectivity index is 1.15. The molecule has 4 aromatic carbocycles. The number of fused-ring (bicyclic) bond motifs is 5. The van der Waals surface area contributed by atoms with Gasteiger partial charge in [0.05, 0.1) is 52.8 Å². The highest BCUT2D eigenvalue weighted by molar-refractivity contribution is 6.32. The van der Waals surface area contributed by atoms with Gasteiger partial charge in [-0.05, 0) is 85.2 Å². The number of ether oxygens (including phenoxy) is 1. The summed E-state index contributed by atoms with van der Waals surface area (Å²) in [5.74, 6) is -5.53. The number of allylic oxidation sites excluding steroid dienone is 2. The van der Waals surface area contributed by atoms with Crippen molar-refractivity contribution in [3.63, 3.8) is 0 Å². The average molecular weight is 720 g/mol. The number of rotatable bonds is 4. The summed E-state index contributed by atoms with van der Waals surface area (Å²) in [4.78, 5) is 62.6. The zero-order chi connectivity index (χ0) is 36.1. The highest BCUT2D eigenvalue weighted by atomic mass is 35.5. The molecule has 0 aromatic heterocycles. The maximum Gasteiger partial charge on any atom is 0.241 e. The molecule has 4 amide bonds. The van der Waals surface area contributed by atoms with E-state index in [2.05, 4.69) is 4.90 Å². The van der Waals surface area contributed by atoms with E-state index < -0.39 is 52.6 Å². The van der Waals surface area contributed by atoms with E-state index >= 15 is 0 Å². The Bertz CT molecular complexity index is 2240. The normalized spacial score (nSPS) is 28.6. The van der Waals surface area contributed by atoms with E-state index in [1.165, 1.54) is 17.0 Å². The number of carbonyl (C=O) groups excluding carboxylic acids is 4. The fourth-order valence-corrected chi connectivity index (χ4v) is 9.85. The Hall–Kier alpha value is -5.06. The van der Waals surface area contributed by atoms with Crippen LogP contribution in [0.3, 0.4) is 0 Å². The maximum atomic E-state index is 14.8. The van der Waals surface area contributed by atoms with Crippen LogP contribution in [0.4, 0.5) is 21.5 Å². The minimum atomic E-state index is -1.31. The zero-order valence-corrected chi connectivity index (χ0v) is 29.1. The first-order valence-electron chi connectivity index (χ1n) is 17.6. The van der Waals surface area contributed by atoms with Crippen LogP contribution in [0.2, 0.25) is 5.02 Å². The predicted molar refractivity (Wildman–Crippen MR) is 194 cm³/mol. The minimum Gasteiger partial charge on any atom is -0.507 e. The van der Waals surface area contributed by atoms with E-state index in [4.69, 9.17) is 16.3 Å². The van der Waals surface area contributed by atoms with Crippen molar-refractivity contribution < 1.29 is 33.4 Å². The topological polar surface area (TPSA) is 107 Å². The third-order valence-electron chi connectivity index (χ3n) is 12.2. The summed E-state index contributed by atoms with van der Waals surface area (Å²) >= 11 is 6.14. The van der Waals surface area contributed by atoms with Crippen molar-refractivity contribution in [2.75, 3.05) is 41.0 Å². The van der Waals surface area contributed by atoms with Crippen LogP contribution in [0.5, 0.6) is 5.75 Å². The second-order valence-corrected chi connectivity index (χ2v) is 15.0. The molecule has 9 nitrogen and oxygen atoms in total. The van der Waals surface area contributed by atoms with Gasteiger partial charge in [-0.2, -0.15) is 0 Å². The standard InChI is InChI=1S/C41H35ClFN3O6/c1-41-31(38(49)46(40(41)51)24-10-14-33(43)32(42)20-24)21-30-28(36(41)27-13-15-34(47)26-5-3-2-4-25(26)27)11-12-29-35(30)39(50)45(37(29)48)23-8-6-22(7-9-23)44-16-18-52-19-17-44/h2-11,13-15,20,29-31,35-36,47H,12,16-19,21H2,1H3. The molecular weight excluding hydrogens is 685 g/mol. The van der Waals surface area contributed by atoms with E-state index in [1.807, 2.05) is 36.4 Å². The van der Waals surface area contributed by atoms with Crippen molar-refractivity contribution in [2.45, 2.75) is 25.7 Å². The first-order chi connectivity index (χ1) is 25.1. The lowest BCUT2D eigenvalue weighted by molar-refractivity contribution is -0.131. The van der Waals surface area contributed by atoms with Gasteiger partial charge in [0.15, 0.2) is 0 Å². The van der Waals surface area contributed by atoms with Crippen molar-refractivity contribution in [3.8, 4) is 5.75 Å². The summed E-state index contributed by atoms with van der Waals surface area (Å²) < 4.78 is 19.7. The largest absolute Gasteiger partial charge is 0.507 e. The molecule has 5 aliphatic rings. The number of halogens is 2. The Labute approximate surface area is 304 Å². The van der Waals surface area contributed by atoms with E-state index in [-0.39, 0.29) is 34.7 Å². The molecule has 3 saturated heterocycles. The molecule has 0 spiro atoms. The van der Waals surface area contributed by atoms with Crippen molar-refractivity contribution in [1.29, 1.82) is 0 Å². The fraction of sp³-hybridized carbons (Fsp3) is 0.317. The molecule has 3 aliphatic heterocycles. The fourth-order valence-electron chi connectivity index (χ4n) is 9.68. The van der Waals surface area contributed by atoms with Crippen LogP contribution >= 0.6 is 11.6 Å². The number of imide groups is 2. The second kappa shape index (κ2) is 12.0. The lowest BCUT2D eigenvalue weighted by Crippen LogP contribution is -2.49. The molecule has 264 valence electrons. The number of hydrogen-bond donors (Lipinski definition) is 1. The van der Waals surface area contributed by atoms with Crippen LogP contribution in [-0.4, -0.2) is 55.0 Å². The van der Waals surface area contributed by atoms with Gasteiger partial charge in [-0.3, -0.25) is 24.1 Å². The number of phenolic OH excluding ortho intramolecular Hbond substituents is 1. The summed E-state index contributed by atoms with van der Waals surface area (Å²) in [7, 11) is 0. The molecule has 1 saturated carbocycles. The molecule has 6 unspecified atom stereocenters. The third-order valence-corrected chi connectivity index (χ3v) is 12.5. The number of anilines is 3. The van der Waals surface area contributed by atoms with Gasteiger partial charge in [0.25, 0.3) is 0 Å². The number of carbonyl (C=O) groups is 4. The van der Waals surface area contributed by atoms with E-state index in [0.29, 0.717) is 30.7 Å². The second-order valence-electron chi connectivity index (χ2n) is 14.6. The highest BCUT2D eigenvalue weighted by Gasteiger charge is 2.67. The van der Waals surface area contributed by atoms with Crippen LogP contribution in [0.1, 0.15) is 31.2 Å². The van der Waals surface area contributed by atoms with Crippen molar-refractivity contribution in [1.82, 2.24) is 0 Å². The molecule has 4 fully saturated rings. The summed E-state index contributed by atoms with van der Waals surface area (Å²) in [6, 6.07) is 22.0. The monoisotopic (exact) mass is 719 g/mol. The SMILES string of the molecule is CC12C(=O)N(c3ccc(F)c(Cl)c3)C(=O)C1CC1C(=CCC3C(=O)N(c4ccc(N5CCOCC5)cc4)C(=O)C31)C2c1ccc(O)c2ccccc12. The number of nitrogens with zero attached hydrogens (tertiary/aromatic N) is 3. The number of phenols is 1. The molecule has 3 heterocycles. The summed E-state index contributed by atoms with van der Waals surface area (Å²) in [5.41, 5.74) is 1.91. The Kier molecular flexibility index (Phi) is 7.57. The van der Waals surface area contributed by atoms with Gasteiger partial charge in [-0.25, -0.2) is 9.29 Å². The van der Waals surface area contributed by atoms with Crippen LogP contribution in [0.25, 0.3) is 10.8 Å². The van der Waals surface area contributed by atoms with Crippen molar-refractivity contribution in [2.24, 2.45) is 29.1 Å². The molecule has 11 heteroatoms. The number of amides is 4. The predicted octanol–water partition coefficient (Wildman–Crippen LogP) is 6.61. The number of benzene rings is 4. The zero-order valence-electron chi connectivity index (χ0n) is 28.3. The van der Waals surface area contributed by atoms with Crippen LogP contribution < -0.4 is 14.7 Å². The van der Waals surface area contributed by atoms with E-state index in [9.17, 15) is 28.7 Å². The van der Waals surface area contributed by atoms with Crippen molar-refractivity contribution >= 4 is 63.1 Å². The molecule has 0 bridgehead atoms. The number of hydrogen-bond acceptors (Lipinski definition) is 7. The van der Waals surface area contributed by atoms with Gasteiger partial charge in [-0.15, -0.1) is 0 Å². The molecule has 1 N–H and O–H groups in total. The van der Waals surface area contributed by atoms with Crippen molar-refractivity contribution in [3.05, 3.63) is 107 Å². The summed E-state index contributed by atoms with van der Waals surface area (Å²) in [6.07, 6.45) is 2.48. The van der Waals surface area contributed by atoms with Gasteiger partial charge in [0, 0.05) is 30.1 Å². The Morgan fingerprint density at radius 3 is 2.23 bits per heavy atom. The molecule has 4 aromatic rings. The Morgan fingerprint density at radius 1 is 0.808 bits per heavy atom. The highest BCUT2D eigenvalue weighted by Crippen LogP contribution is 2.64. The van der Waals surface area contributed by atoms with E-state index in [1.54, 1.807) is 37.3 Å². The van der Waals surface area contributed by atoms with Gasteiger partial charge in [0.1, 0.15) is 11.6 Å². The Morgan fingerprint density at radius 2 is 1.50 bits per heavy atom. The molecule has 0 radical (unpaired) electrons. The van der Waals surface area contributed by atoms with Crippen LogP contribution in [-0.2, 0) is 23.9 Å². The first kappa shape index (κ1) is 32.8. The lowest BCUT2D eigenvalue weighted by atomic mass is 9.51. The first-order valence-corrected chi connectivity index (χ1v) is 18.0.